The molecule has 1 fully saturated rings. The summed E-state index contributed by atoms with van der Waals surface area (Å²) in [6.07, 6.45) is 2.84. The van der Waals surface area contributed by atoms with Gasteiger partial charge in [0.15, 0.2) is 4.77 Å². The molecule has 0 bridgehead atoms. The van der Waals surface area contributed by atoms with Crippen LogP contribution in [-0.2, 0) is 14.3 Å². The summed E-state index contributed by atoms with van der Waals surface area (Å²) in [6.45, 7) is 1.62. The molecule has 7 heteroatoms. The van der Waals surface area contributed by atoms with Gasteiger partial charge in [-0.15, -0.1) is 0 Å². The van der Waals surface area contributed by atoms with Gasteiger partial charge in [0.25, 0.3) is 5.56 Å². The van der Waals surface area contributed by atoms with Crippen LogP contribution in [0.1, 0.15) is 26.0 Å². The van der Waals surface area contributed by atoms with Crippen molar-refractivity contribution in [2.45, 2.75) is 32.1 Å². The highest BCUT2D eigenvalue weighted by Crippen LogP contribution is 2.28. The minimum Gasteiger partial charge on any atom is -0.463 e. The third-order valence-corrected chi connectivity index (χ3v) is 3.03. The third kappa shape index (κ3) is 3.05. The van der Waals surface area contributed by atoms with Gasteiger partial charge in [0, 0.05) is 19.2 Å². The van der Waals surface area contributed by atoms with E-state index in [1.165, 1.54) is 13.0 Å². The largest absolute Gasteiger partial charge is 0.463 e. The van der Waals surface area contributed by atoms with Crippen molar-refractivity contribution >= 4 is 18.2 Å². The Morgan fingerprint density at radius 3 is 3.11 bits per heavy atom. The molecule has 1 aromatic rings. The minimum atomic E-state index is -0.317. The maximum absolute atomic E-state index is 11.1. The predicted molar refractivity (Wildman–Crippen MR) is 65.7 cm³/mol. The fourth-order valence-electron chi connectivity index (χ4n) is 1.88. The van der Waals surface area contributed by atoms with Crippen LogP contribution in [0.5, 0.6) is 0 Å². The summed E-state index contributed by atoms with van der Waals surface area (Å²) in [5.41, 5.74) is -0.231. The molecular formula is C11H14N2O4S. The van der Waals surface area contributed by atoms with Crippen molar-refractivity contribution in [1.82, 2.24) is 9.55 Å². The number of nitrogens with zero attached hydrogens (tertiary/aromatic N) is 1. The topological polar surface area (TPSA) is 73.3 Å². The highest BCUT2D eigenvalue weighted by molar-refractivity contribution is 7.71. The van der Waals surface area contributed by atoms with Crippen molar-refractivity contribution in [3.63, 3.8) is 0 Å². The molecule has 0 saturated carbocycles. The maximum atomic E-state index is 11.1. The molecule has 6 nitrogen and oxygen atoms in total. The smallest absolute Gasteiger partial charge is 0.302 e. The number of ether oxygens (including phenoxy) is 2. The van der Waals surface area contributed by atoms with Crippen molar-refractivity contribution in [3.05, 3.63) is 27.4 Å². The van der Waals surface area contributed by atoms with E-state index in [0.717, 1.165) is 12.8 Å². The van der Waals surface area contributed by atoms with Crippen LogP contribution >= 0.6 is 12.2 Å². The van der Waals surface area contributed by atoms with Crippen molar-refractivity contribution in [1.29, 1.82) is 0 Å². The summed E-state index contributed by atoms with van der Waals surface area (Å²) >= 11 is 5.06. The number of aromatic amines is 1. The Balaban J connectivity index is 2.02. The summed E-state index contributed by atoms with van der Waals surface area (Å²) in [5, 5.41) is 0. The van der Waals surface area contributed by atoms with Gasteiger partial charge in [0.2, 0.25) is 0 Å². The van der Waals surface area contributed by atoms with E-state index in [1.807, 2.05) is 0 Å². The Bertz CT molecular complexity index is 550. The third-order valence-electron chi connectivity index (χ3n) is 2.72. The Kier molecular flexibility index (Phi) is 3.93. The summed E-state index contributed by atoms with van der Waals surface area (Å²) in [5.74, 6) is -0.317. The Morgan fingerprint density at radius 1 is 1.67 bits per heavy atom. The SMILES string of the molecule is CC(=O)OC[C@@H]1CC[C@H](n2ccc(=O)[nH]c2=S)O1. The first-order chi connectivity index (χ1) is 8.56. The number of hydrogen-bond acceptors (Lipinski definition) is 5. The molecule has 18 heavy (non-hydrogen) atoms. The highest BCUT2D eigenvalue weighted by Gasteiger charge is 2.27. The normalized spacial score (nSPS) is 22.9. The summed E-state index contributed by atoms with van der Waals surface area (Å²) in [7, 11) is 0. The molecule has 2 heterocycles. The molecule has 0 amide bonds. The lowest BCUT2D eigenvalue weighted by Crippen LogP contribution is -2.20. The average molecular weight is 270 g/mol. The highest BCUT2D eigenvalue weighted by atomic mass is 32.1. The minimum absolute atomic E-state index is 0.118. The van der Waals surface area contributed by atoms with E-state index in [0.29, 0.717) is 4.77 Å². The van der Waals surface area contributed by atoms with Crippen LogP contribution in [-0.4, -0.2) is 28.2 Å². The molecule has 1 aromatic heterocycles. The molecule has 98 valence electrons. The molecule has 1 aliphatic heterocycles. The first kappa shape index (κ1) is 13.0. The van der Waals surface area contributed by atoms with Gasteiger partial charge in [-0.3, -0.25) is 19.1 Å². The van der Waals surface area contributed by atoms with E-state index in [2.05, 4.69) is 4.98 Å². The second-order valence-corrected chi connectivity index (χ2v) is 4.50. The van der Waals surface area contributed by atoms with Gasteiger partial charge in [-0.2, -0.15) is 0 Å². The van der Waals surface area contributed by atoms with E-state index in [1.54, 1.807) is 10.8 Å². The zero-order chi connectivity index (χ0) is 13.1. The molecule has 1 N–H and O–H groups in total. The first-order valence-corrected chi connectivity index (χ1v) is 6.07. The summed E-state index contributed by atoms with van der Waals surface area (Å²) < 4.78 is 12.7. The van der Waals surface area contributed by atoms with E-state index in [4.69, 9.17) is 21.7 Å². The predicted octanol–water partition coefficient (Wildman–Crippen LogP) is 1.15. The Hall–Kier alpha value is -1.47. The maximum Gasteiger partial charge on any atom is 0.302 e. The molecule has 0 radical (unpaired) electrons. The van der Waals surface area contributed by atoms with E-state index in [9.17, 15) is 9.59 Å². The molecule has 0 unspecified atom stereocenters. The fourth-order valence-corrected chi connectivity index (χ4v) is 2.16. The molecule has 0 aliphatic carbocycles. The number of aromatic nitrogens is 2. The molecule has 1 aliphatic rings. The van der Waals surface area contributed by atoms with Crippen LogP contribution in [0, 0.1) is 4.77 Å². The van der Waals surface area contributed by atoms with Crippen LogP contribution in [0.4, 0.5) is 0 Å². The first-order valence-electron chi connectivity index (χ1n) is 5.66. The van der Waals surface area contributed by atoms with E-state index in [-0.39, 0.29) is 30.5 Å². The molecule has 1 saturated heterocycles. The van der Waals surface area contributed by atoms with Gasteiger partial charge >= 0.3 is 5.97 Å². The molecule has 2 atom stereocenters. The van der Waals surface area contributed by atoms with Gasteiger partial charge in [0.05, 0.1) is 6.10 Å². The second-order valence-electron chi connectivity index (χ2n) is 4.11. The van der Waals surface area contributed by atoms with E-state index < -0.39 is 0 Å². The monoisotopic (exact) mass is 270 g/mol. The number of carbonyl (C=O) groups is 1. The van der Waals surface area contributed by atoms with Crippen molar-refractivity contribution < 1.29 is 14.3 Å². The lowest BCUT2D eigenvalue weighted by Gasteiger charge is -2.16. The molecule has 2 rings (SSSR count). The van der Waals surface area contributed by atoms with Gasteiger partial charge in [0.1, 0.15) is 12.8 Å². The number of hydrogen-bond donors (Lipinski definition) is 1. The standard InChI is InChI=1S/C11H14N2O4S/c1-7(14)16-6-8-2-3-10(17-8)13-5-4-9(15)12-11(13)18/h4-5,8,10H,2-3,6H2,1H3,(H,12,15,18)/t8-,10+/m0/s1. The molecule has 0 aromatic carbocycles. The van der Waals surface area contributed by atoms with Crippen molar-refractivity contribution in [3.8, 4) is 0 Å². The molecule has 0 spiro atoms. The summed E-state index contributed by atoms with van der Waals surface area (Å²) in [4.78, 5) is 24.3. The number of esters is 1. The van der Waals surface area contributed by atoms with Crippen LogP contribution < -0.4 is 5.56 Å². The van der Waals surface area contributed by atoms with Crippen LogP contribution in [0.2, 0.25) is 0 Å². The van der Waals surface area contributed by atoms with E-state index >= 15 is 0 Å². The van der Waals surface area contributed by atoms with Gasteiger partial charge < -0.3 is 9.47 Å². The zero-order valence-corrected chi connectivity index (χ0v) is 10.7. The molecular weight excluding hydrogens is 256 g/mol. The van der Waals surface area contributed by atoms with Gasteiger partial charge in [-0.25, -0.2) is 0 Å². The fraction of sp³-hybridized carbons (Fsp3) is 0.545. The van der Waals surface area contributed by atoms with Crippen LogP contribution in [0.25, 0.3) is 0 Å². The van der Waals surface area contributed by atoms with Crippen LogP contribution in [0.15, 0.2) is 17.1 Å². The second kappa shape index (κ2) is 5.45. The summed E-state index contributed by atoms with van der Waals surface area (Å²) in [6, 6.07) is 1.40. The Labute approximate surface area is 109 Å². The lowest BCUT2D eigenvalue weighted by molar-refractivity contribution is -0.145. The average Bonchev–Trinajstić information content (AvgIpc) is 2.75. The Morgan fingerprint density at radius 2 is 2.44 bits per heavy atom. The van der Waals surface area contributed by atoms with Crippen molar-refractivity contribution in [2.24, 2.45) is 0 Å². The van der Waals surface area contributed by atoms with Gasteiger partial charge in [-0.1, -0.05) is 0 Å². The number of nitrogens with one attached hydrogen (secondary N) is 1. The number of H-pyrrole nitrogens is 1. The quantitative estimate of drug-likeness (QED) is 0.658. The van der Waals surface area contributed by atoms with Crippen molar-refractivity contribution in [2.75, 3.05) is 6.61 Å². The number of rotatable bonds is 3. The zero-order valence-electron chi connectivity index (χ0n) is 9.92. The lowest BCUT2D eigenvalue weighted by atomic mass is 10.2. The van der Waals surface area contributed by atoms with Gasteiger partial charge in [-0.05, 0) is 25.1 Å². The van der Waals surface area contributed by atoms with Crippen LogP contribution in [0.3, 0.4) is 0 Å². The number of carbonyl (C=O) groups excluding carboxylic acids is 1.